The van der Waals surface area contributed by atoms with Gasteiger partial charge < -0.3 is 19.7 Å². The number of nitrogens with zero attached hydrogens (tertiary/aromatic N) is 3. The normalized spacial score (nSPS) is 13.9. The quantitative estimate of drug-likeness (QED) is 0.710. The Morgan fingerprint density at radius 1 is 0.931 bits per heavy atom. The number of anilines is 2. The van der Waals surface area contributed by atoms with Gasteiger partial charge in [-0.3, -0.25) is 4.79 Å². The van der Waals surface area contributed by atoms with Gasteiger partial charge >= 0.3 is 0 Å². The number of rotatable bonds is 5. The first kappa shape index (κ1) is 19.0. The van der Waals surface area contributed by atoms with Crippen LogP contribution in [0.2, 0.25) is 0 Å². The fourth-order valence-corrected chi connectivity index (χ4v) is 3.54. The predicted octanol–water partition coefficient (Wildman–Crippen LogP) is 3.89. The van der Waals surface area contributed by atoms with Gasteiger partial charge in [0.2, 0.25) is 0 Å². The van der Waals surface area contributed by atoms with Gasteiger partial charge in [0.15, 0.2) is 11.5 Å². The van der Waals surface area contributed by atoms with Crippen LogP contribution >= 0.6 is 0 Å². The third-order valence-corrected chi connectivity index (χ3v) is 5.03. The third kappa shape index (κ3) is 4.08. The van der Waals surface area contributed by atoms with Crippen LogP contribution in [0.4, 0.5) is 11.5 Å². The number of para-hydroxylation sites is 2. The fourth-order valence-electron chi connectivity index (χ4n) is 3.54. The van der Waals surface area contributed by atoms with Crippen LogP contribution in [-0.4, -0.2) is 43.2 Å². The van der Waals surface area contributed by atoms with Crippen LogP contribution in [0.25, 0.3) is 11.0 Å². The molecule has 0 spiro atoms. The van der Waals surface area contributed by atoms with Crippen molar-refractivity contribution >= 4 is 28.4 Å². The van der Waals surface area contributed by atoms with E-state index in [1.54, 1.807) is 32.4 Å². The summed E-state index contributed by atoms with van der Waals surface area (Å²) in [5.74, 6) is 1.52. The first-order valence-electron chi connectivity index (χ1n) is 9.74. The van der Waals surface area contributed by atoms with E-state index in [0.717, 1.165) is 31.4 Å². The number of benzene rings is 2. The van der Waals surface area contributed by atoms with Crippen molar-refractivity contribution in [2.24, 2.45) is 0 Å². The van der Waals surface area contributed by atoms with E-state index in [9.17, 15) is 4.79 Å². The number of hydrogen-bond acceptors (Lipinski definition) is 6. The van der Waals surface area contributed by atoms with E-state index >= 15 is 0 Å². The molecule has 0 unspecified atom stereocenters. The molecule has 1 fully saturated rings. The van der Waals surface area contributed by atoms with Gasteiger partial charge in [0.05, 0.1) is 25.3 Å². The Labute approximate surface area is 169 Å². The number of carbonyl (C=O) groups excluding carboxylic acids is 1. The number of fused-ring (bicyclic) bond motifs is 1. The highest BCUT2D eigenvalue weighted by Gasteiger charge is 2.23. The number of piperidine rings is 1. The molecule has 0 aliphatic carbocycles. The summed E-state index contributed by atoms with van der Waals surface area (Å²) in [6, 6.07) is 12.9. The summed E-state index contributed by atoms with van der Waals surface area (Å²) in [6.45, 7) is 1.75. The van der Waals surface area contributed by atoms with E-state index in [-0.39, 0.29) is 5.91 Å². The van der Waals surface area contributed by atoms with Gasteiger partial charge in [-0.2, -0.15) is 0 Å². The number of hydrogen-bond donors (Lipinski definition) is 1. The van der Waals surface area contributed by atoms with Crippen LogP contribution in [0.3, 0.4) is 0 Å². The summed E-state index contributed by atoms with van der Waals surface area (Å²) < 4.78 is 10.6. The highest BCUT2D eigenvalue weighted by atomic mass is 16.5. The number of methoxy groups -OCH3 is 2. The van der Waals surface area contributed by atoms with Gasteiger partial charge in [0.25, 0.3) is 5.91 Å². The number of ether oxygens (including phenoxy) is 2. The number of nitrogens with one attached hydrogen (secondary N) is 1. The number of aromatic nitrogens is 2. The second kappa shape index (κ2) is 8.34. The van der Waals surface area contributed by atoms with Crippen molar-refractivity contribution in [2.45, 2.75) is 19.3 Å². The van der Waals surface area contributed by atoms with Crippen LogP contribution in [0.5, 0.6) is 11.5 Å². The summed E-state index contributed by atoms with van der Waals surface area (Å²) in [4.78, 5) is 24.8. The SMILES string of the molecule is COc1cc(NC(=O)c2nc3ccccc3nc2N2CCCCC2)cc(OC)c1. The van der Waals surface area contributed by atoms with E-state index < -0.39 is 0 Å². The van der Waals surface area contributed by atoms with Gasteiger partial charge in [-0.1, -0.05) is 12.1 Å². The first-order chi connectivity index (χ1) is 14.2. The molecule has 0 bridgehead atoms. The summed E-state index contributed by atoms with van der Waals surface area (Å²) in [7, 11) is 3.15. The fraction of sp³-hybridized carbons (Fsp3) is 0.318. The van der Waals surface area contributed by atoms with Gasteiger partial charge in [0, 0.05) is 37.0 Å². The summed E-state index contributed by atoms with van der Waals surface area (Å²) in [5, 5.41) is 2.92. The highest BCUT2D eigenvalue weighted by Crippen LogP contribution is 2.28. The second-order valence-electron chi connectivity index (χ2n) is 6.99. The van der Waals surface area contributed by atoms with Crippen molar-refractivity contribution in [3.8, 4) is 11.5 Å². The average Bonchev–Trinajstić information content (AvgIpc) is 2.78. The van der Waals surface area contributed by atoms with E-state index in [4.69, 9.17) is 14.5 Å². The van der Waals surface area contributed by atoms with Crippen LogP contribution in [0.15, 0.2) is 42.5 Å². The van der Waals surface area contributed by atoms with Gasteiger partial charge in [-0.05, 0) is 31.4 Å². The first-order valence-corrected chi connectivity index (χ1v) is 9.74. The molecule has 0 radical (unpaired) electrons. The molecule has 2 aromatic carbocycles. The maximum atomic E-state index is 13.2. The molecule has 1 saturated heterocycles. The topological polar surface area (TPSA) is 76.6 Å². The molecular weight excluding hydrogens is 368 g/mol. The molecule has 2 heterocycles. The Morgan fingerprint density at radius 2 is 1.55 bits per heavy atom. The molecule has 0 saturated carbocycles. The maximum absolute atomic E-state index is 13.2. The van der Waals surface area contributed by atoms with Crippen LogP contribution < -0.4 is 19.7 Å². The highest BCUT2D eigenvalue weighted by molar-refractivity contribution is 6.07. The molecular formula is C22H24N4O3. The largest absolute Gasteiger partial charge is 0.497 e. The smallest absolute Gasteiger partial charge is 0.278 e. The lowest BCUT2D eigenvalue weighted by Gasteiger charge is -2.29. The molecule has 7 nitrogen and oxygen atoms in total. The molecule has 4 rings (SSSR count). The minimum Gasteiger partial charge on any atom is -0.497 e. The minimum absolute atomic E-state index is 0.306. The van der Waals surface area contributed by atoms with Crippen LogP contribution in [-0.2, 0) is 0 Å². The maximum Gasteiger partial charge on any atom is 0.278 e. The van der Waals surface area contributed by atoms with Crippen molar-refractivity contribution in [1.82, 2.24) is 9.97 Å². The Bertz CT molecular complexity index is 1010. The van der Waals surface area contributed by atoms with Gasteiger partial charge in [-0.25, -0.2) is 9.97 Å². The molecule has 150 valence electrons. The molecule has 1 amide bonds. The third-order valence-electron chi connectivity index (χ3n) is 5.03. The molecule has 0 atom stereocenters. The standard InChI is InChI=1S/C22H24N4O3/c1-28-16-12-15(13-17(14-16)29-2)23-22(27)20-21(26-10-6-3-7-11-26)25-19-9-5-4-8-18(19)24-20/h4-5,8-9,12-14H,3,6-7,10-11H2,1-2H3,(H,23,27). The number of amides is 1. The molecule has 1 N–H and O–H groups in total. The van der Waals surface area contributed by atoms with E-state index in [0.29, 0.717) is 34.2 Å². The minimum atomic E-state index is -0.306. The zero-order valence-corrected chi connectivity index (χ0v) is 16.6. The Balaban J connectivity index is 1.72. The summed E-state index contributed by atoms with van der Waals surface area (Å²) in [6.07, 6.45) is 3.37. The van der Waals surface area contributed by atoms with E-state index in [1.807, 2.05) is 24.3 Å². The van der Waals surface area contributed by atoms with Crippen molar-refractivity contribution in [3.05, 3.63) is 48.2 Å². The molecule has 3 aromatic rings. The molecule has 7 heteroatoms. The summed E-state index contributed by atoms with van der Waals surface area (Å²) >= 11 is 0. The van der Waals surface area contributed by atoms with E-state index in [1.165, 1.54) is 6.42 Å². The number of carbonyl (C=O) groups is 1. The molecule has 1 aromatic heterocycles. The monoisotopic (exact) mass is 392 g/mol. The van der Waals surface area contributed by atoms with E-state index in [2.05, 4.69) is 15.2 Å². The van der Waals surface area contributed by atoms with Crippen molar-refractivity contribution in [3.63, 3.8) is 0 Å². The Kier molecular flexibility index (Phi) is 5.46. The zero-order valence-electron chi connectivity index (χ0n) is 16.6. The van der Waals surface area contributed by atoms with Crippen LogP contribution in [0.1, 0.15) is 29.8 Å². The summed E-state index contributed by atoms with van der Waals surface area (Å²) in [5.41, 5.74) is 2.38. The lowest BCUT2D eigenvalue weighted by molar-refractivity contribution is 0.102. The van der Waals surface area contributed by atoms with Crippen molar-refractivity contribution < 1.29 is 14.3 Å². The van der Waals surface area contributed by atoms with Gasteiger partial charge in [0.1, 0.15) is 11.5 Å². The lowest BCUT2D eigenvalue weighted by atomic mass is 10.1. The Morgan fingerprint density at radius 3 is 2.17 bits per heavy atom. The lowest BCUT2D eigenvalue weighted by Crippen LogP contribution is -2.33. The average molecular weight is 392 g/mol. The predicted molar refractivity (Wildman–Crippen MR) is 113 cm³/mol. The molecule has 1 aliphatic rings. The van der Waals surface area contributed by atoms with Crippen molar-refractivity contribution in [2.75, 3.05) is 37.5 Å². The zero-order chi connectivity index (χ0) is 20.2. The molecule has 1 aliphatic heterocycles. The van der Waals surface area contributed by atoms with Crippen LogP contribution in [0, 0.1) is 0 Å². The van der Waals surface area contributed by atoms with Gasteiger partial charge in [-0.15, -0.1) is 0 Å². The Hall–Kier alpha value is -3.35. The second-order valence-corrected chi connectivity index (χ2v) is 6.99. The molecule has 29 heavy (non-hydrogen) atoms. The van der Waals surface area contributed by atoms with Crippen molar-refractivity contribution in [1.29, 1.82) is 0 Å².